The second-order valence-electron chi connectivity index (χ2n) is 4.74. The SMILES string of the molecule is CC1CN(S(=O)(=O)c2c(N)cccc2F)CC(C)O1. The van der Waals surface area contributed by atoms with Crippen molar-refractivity contribution >= 4 is 15.7 Å². The lowest BCUT2D eigenvalue weighted by molar-refractivity contribution is -0.0441. The van der Waals surface area contributed by atoms with E-state index in [4.69, 9.17) is 10.5 Å². The van der Waals surface area contributed by atoms with Crippen LogP contribution >= 0.6 is 0 Å². The van der Waals surface area contributed by atoms with Gasteiger partial charge in [-0.1, -0.05) is 6.07 Å². The zero-order chi connectivity index (χ0) is 14.2. The summed E-state index contributed by atoms with van der Waals surface area (Å²) < 4.78 is 45.4. The number of benzene rings is 1. The molecule has 2 N–H and O–H groups in total. The van der Waals surface area contributed by atoms with Gasteiger partial charge in [0.2, 0.25) is 10.0 Å². The van der Waals surface area contributed by atoms with E-state index in [-0.39, 0.29) is 31.0 Å². The van der Waals surface area contributed by atoms with Gasteiger partial charge < -0.3 is 10.5 Å². The van der Waals surface area contributed by atoms with Crippen LogP contribution in [0.2, 0.25) is 0 Å². The van der Waals surface area contributed by atoms with Crippen molar-refractivity contribution in [1.82, 2.24) is 4.31 Å². The zero-order valence-corrected chi connectivity index (χ0v) is 11.7. The molecule has 0 spiro atoms. The van der Waals surface area contributed by atoms with Gasteiger partial charge in [-0.25, -0.2) is 12.8 Å². The molecule has 2 rings (SSSR count). The van der Waals surface area contributed by atoms with Gasteiger partial charge in [0, 0.05) is 13.1 Å². The van der Waals surface area contributed by atoms with Crippen molar-refractivity contribution in [1.29, 1.82) is 0 Å². The van der Waals surface area contributed by atoms with Crippen LogP contribution in [-0.4, -0.2) is 38.0 Å². The van der Waals surface area contributed by atoms with E-state index in [0.717, 1.165) is 6.07 Å². The van der Waals surface area contributed by atoms with Gasteiger partial charge in [0.1, 0.15) is 10.7 Å². The fraction of sp³-hybridized carbons (Fsp3) is 0.500. The molecular formula is C12H17FN2O3S. The van der Waals surface area contributed by atoms with Gasteiger partial charge in [0.05, 0.1) is 17.9 Å². The van der Waals surface area contributed by atoms with Crippen LogP contribution in [0.5, 0.6) is 0 Å². The number of halogens is 1. The van der Waals surface area contributed by atoms with Crippen molar-refractivity contribution in [2.24, 2.45) is 0 Å². The molecule has 2 atom stereocenters. The lowest BCUT2D eigenvalue weighted by Crippen LogP contribution is -2.48. The molecule has 2 unspecified atom stereocenters. The molecule has 19 heavy (non-hydrogen) atoms. The van der Waals surface area contributed by atoms with E-state index >= 15 is 0 Å². The second-order valence-corrected chi connectivity index (χ2v) is 6.61. The fourth-order valence-electron chi connectivity index (χ4n) is 2.25. The van der Waals surface area contributed by atoms with Crippen LogP contribution < -0.4 is 5.73 Å². The van der Waals surface area contributed by atoms with Crippen LogP contribution in [-0.2, 0) is 14.8 Å². The normalized spacial score (nSPS) is 25.4. The molecule has 1 aromatic carbocycles. The molecule has 0 amide bonds. The number of anilines is 1. The predicted molar refractivity (Wildman–Crippen MR) is 69.6 cm³/mol. The molecule has 1 heterocycles. The third kappa shape index (κ3) is 2.72. The Bertz CT molecular complexity index is 546. The van der Waals surface area contributed by atoms with Crippen LogP contribution in [0.3, 0.4) is 0 Å². The number of hydrogen-bond acceptors (Lipinski definition) is 4. The van der Waals surface area contributed by atoms with Gasteiger partial charge >= 0.3 is 0 Å². The Morgan fingerprint density at radius 1 is 1.32 bits per heavy atom. The van der Waals surface area contributed by atoms with E-state index in [1.807, 2.05) is 0 Å². The summed E-state index contributed by atoms with van der Waals surface area (Å²) in [4.78, 5) is -0.448. The number of hydrogen-bond donors (Lipinski definition) is 1. The van der Waals surface area contributed by atoms with Crippen molar-refractivity contribution in [3.05, 3.63) is 24.0 Å². The minimum Gasteiger partial charge on any atom is -0.398 e. The Hall–Kier alpha value is -1.18. The first-order valence-electron chi connectivity index (χ1n) is 6.02. The monoisotopic (exact) mass is 288 g/mol. The molecule has 5 nitrogen and oxygen atoms in total. The summed E-state index contributed by atoms with van der Waals surface area (Å²) in [7, 11) is -3.94. The molecule has 1 aliphatic rings. The van der Waals surface area contributed by atoms with Crippen LogP contribution in [0.25, 0.3) is 0 Å². The Morgan fingerprint density at radius 2 is 1.89 bits per heavy atom. The number of nitrogens with zero attached hydrogens (tertiary/aromatic N) is 1. The third-order valence-electron chi connectivity index (χ3n) is 2.98. The standard InChI is InChI=1S/C12H17FN2O3S/c1-8-6-15(7-9(2)18-8)19(16,17)12-10(13)4-3-5-11(12)14/h3-5,8-9H,6-7,14H2,1-2H3. The molecule has 0 aliphatic carbocycles. The summed E-state index contributed by atoms with van der Waals surface area (Å²) >= 11 is 0. The molecule has 1 fully saturated rings. The molecule has 1 aromatic rings. The lowest BCUT2D eigenvalue weighted by Gasteiger charge is -2.34. The van der Waals surface area contributed by atoms with Gasteiger partial charge in [0.15, 0.2) is 0 Å². The van der Waals surface area contributed by atoms with E-state index in [2.05, 4.69) is 0 Å². The third-order valence-corrected chi connectivity index (χ3v) is 4.91. The van der Waals surface area contributed by atoms with E-state index in [9.17, 15) is 12.8 Å². The number of nitrogens with two attached hydrogens (primary N) is 1. The van der Waals surface area contributed by atoms with Crippen molar-refractivity contribution in [3.8, 4) is 0 Å². The van der Waals surface area contributed by atoms with Crippen LogP contribution in [0, 0.1) is 5.82 Å². The number of rotatable bonds is 2. The van der Waals surface area contributed by atoms with Gasteiger partial charge in [0.25, 0.3) is 0 Å². The largest absolute Gasteiger partial charge is 0.398 e. The number of ether oxygens (including phenoxy) is 1. The summed E-state index contributed by atoms with van der Waals surface area (Å²) in [5.41, 5.74) is 5.53. The van der Waals surface area contributed by atoms with E-state index in [1.165, 1.54) is 16.4 Å². The Kier molecular flexibility index (Phi) is 3.80. The molecule has 0 aromatic heterocycles. The van der Waals surface area contributed by atoms with E-state index < -0.39 is 20.7 Å². The predicted octanol–water partition coefficient (Wildman–Crippen LogP) is 1.21. The Morgan fingerprint density at radius 3 is 2.42 bits per heavy atom. The van der Waals surface area contributed by atoms with Gasteiger partial charge in [-0.3, -0.25) is 0 Å². The first-order valence-corrected chi connectivity index (χ1v) is 7.46. The minimum absolute atomic E-state index is 0.0770. The maximum absolute atomic E-state index is 13.8. The molecule has 106 valence electrons. The molecule has 7 heteroatoms. The summed E-state index contributed by atoms with van der Waals surface area (Å²) in [6.45, 7) is 3.95. The van der Waals surface area contributed by atoms with Gasteiger partial charge in [-0.2, -0.15) is 4.31 Å². The smallest absolute Gasteiger partial charge is 0.248 e. The topological polar surface area (TPSA) is 72.6 Å². The van der Waals surface area contributed by atoms with Crippen LogP contribution in [0.1, 0.15) is 13.8 Å². The van der Waals surface area contributed by atoms with Crippen molar-refractivity contribution in [2.75, 3.05) is 18.8 Å². The summed E-state index contributed by atoms with van der Waals surface area (Å²) in [6, 6.07) is 3.86. The summed E-state index contributed by atoms with van der Waals surface area (Å²) in [6.07, 6.45) is -0.460. The van der Waals surface area contributed by atoms with E-state index in [0.29, 0.717) is 0 Å². The molecule has 1 aliphatic heterocycles. The molecule has 0 radical (unpaired) electrons. The number of morpholine rings is 1. The highest BCUT2D eigenvalue weighted by Crippen LogP contribution is 2.27. The highest BCUT2D eigenvalue weighted by atomic mass is 32.2. The van der Waals surface area contributed by atoms with E-state index in [1.54, 1.807) is 13.8 Å². The quantitative estimate of drug-likeness (QED) is 0.830. The fourth-order valence-corrected chi connectivity index (χ4v) is 4.00. The number of sulfonamides is 1. The van der Waals surface area contributed by atoms with Crippen molar-refractivity contribution < 1.29 is 17.5 Å². The molecule has 0 saturated carbocycles. The Balaban J connectivity index is 2.42. The summed E-state index contributed by atoms with van der Waals surface area (Å²) in [5, 5.41) is 0. The first kappa shape index (κ1) is 14.2. The average molecular weight is 288 g/mol. The lowest BCUT2D eigenvalue weighted by atomic mass is 10.3. The maximum Gasteiger partial charge on any atom is 0.248 e. The highest BCUT2D eigenvalue weighted by molar-refractivity contribution is 7.89. The highest BCUT2D eigenvalue weighted by Gasteiger charge is 2.34. The van der Waals surface area contributed by atoms with Gasteiger partial charge in [-0.05, 0) is 26.0 Å². The average Bonchev–Trinajstić information content (AvgIpc) is 2.26. The molecule has 0 bridgehead atoms. The maximum atomic E-state index is 13.8. The molecular weight excluding hydrogens is 271 g/mol. The molecule has 1 saturated heterocycles. The zero-order valence-electron chi connectivity index (χ0n) is 10.8. The minimum atomic E-state index is -3.94. The summed E-state index contributed by atoms with van der Waals surface area (Å²) in [5.74, 6) is -0.827. The van der Waals surface area contributed by atoms with Crippen LogP contribution in [0.4, 0.5) is 10.1 Å². The second kappa shape index (κ2) is 5.07. The van der Waals surface area contributed by atoms with Crippen molar-refractivity contribution in [2.45, 2.75) is 31.0 Å². The first-order chi connectivity index (χ1) is 8.82. The van der Waals surface area contributed by atoms with Crippen molar-refractivity contribution in [3.63, 3.8) is 0 Å². The van der Waals surface area contributed by atoms with Gasteiger partial charge in [-0.15, -0.1) is 0 Å². The van der Waals surface area contributed by atoms with Crippen LogP contribution in [0.15, 0.2) is 23.1 Å². The number of nitrogen functional groups attached to an aromatic ring is 1. The Labute approximate surface area is 112 Å².